The van der Waals surface area contributed by atoms with Crippen molar-refractivity contribution in [2.75, 3.05) is 40.3 Å². The molecule has 2 amide bonds. The molecule has 0 radical (unpaired) electrons. The fourth-order valence-electron chi connectivity index (χ4n) is 5.07. The molecule has 1 aliphatic heterocycles. The summed E-state index contributed by atoms with van der Waals surface area (Å²) in [5.41, 5.74) is 2.27. The zero-order valence-corrected chi connectivity index (χ0v) is 21.3. The van der Waals surface area contributed by atoms with E-state index in [0.717, 1.165) is 37.8 Å². The van der Waals surface area contributed by atoms with E-state index in [0.29, 0.717) is 19.6 Å². The average Bonchev–Trinajstić information content (AvgIpc) is 3.52. The summed E-state index contributed by atoms with van der Waals surface area (Å²) in [6.07, 6.45) is 3.37. The molecule has 1 saturated carbocycles. The molecule has 2 aliphatic rings. The second-order valence-corrected chi connectivity index (χ2v) is 12.1. The van der Waals surface area contributed by atoms with Crippen molar-refractivity contribution in [1.82, 2.24) is 15.1 Å². The van der Waals surface area contributed by atoms with Gasteiger partial charge in [0.15, 0.2) is 0 Å². The summed E-state index contributed by atoms with van der Waals surface area (Å²) in [7, 11) is 4.11. The Labute approximate surface area is 194 Å². The number of piperidine rings is 1. The topological polar surface area (TPSA) is 52.7 Å². The lowest BCUT2D eigenvalue weighted by Crippen LogP contribution is -2.48. The van der Waals surface area contributed by atoms with Crippen LogP contribution >= 0.6 is 0 Å². The first-order valence-electron chi connectivity index (χ1n) is 12.2. The van der Waals surface area contributed by atoms with Crippen LogP contribution in [0.15, 0.2) is 24.3 Å². The minimum Gasteiger partial charge on any atom is -0.355 e. The quantitative estimate of drug-likeness (QED) is 0.697. The lowest BCUT2D eigenvalue weighted by Gasteiger charge is -2.35. The van der Waals surface area contributed by atoms with Crippen LogP contribution in [0.4, 0.5) is 0 Å². The molecule has 1 saturated heterocycles. The van der Waals surface area contributed by atoms with Crippen LogP contribution in [0.1, 0.15) is 71.4 Å². The molecule has 1 aromatic rings. The van der Waals surface area contributed by atoms with E-state index in [2.05, 4.69) is 83.2 Å². The van der Waals surface area contributed by atoms with Crippen LogP contribution in [0.2, 0.25) is 0 Å². The molecule has 0 spiro atoms. The molecule has 0 aromatic heterocycles. The van der Waals surface area contributed by atoms with Gasteiger partial charge in [-0.15, -0.1) is 0 Å². The van der Waals surface area contributed by atoms with E-state index < -0.39 is 0 Å². The number of benzene rings is 1. The molecule has 1 N–H and O–H groups in total. The molecular formula is C27H43N3O2. The average molecular weight is 442 g/mol. The van der Waals surface area contributed by atoms with Gasteiger partial charge in [-0.25, -0.2) is 0 Å². The molecule has 0 unspecified atom stereocenters. The Balaban J connectivity index is 1.54. The maximum Gasteiger partial charge on any atom is 0.233 e. The largest absolute Gasteiger partial charge is 0.355 e. The molecule has 0 atom stereocenters. The number of hydrogen-bond donors (Lipinski definition) is 1. The Morgan fingerprint density at radius 2 is 1.59 bits per heavy atom. The van der Waals surface area contributed by atoms with E-state index >= 15 is 0 Å². The SMILES string of the molecule is CN(C)CC(C)(C)CNC(=O)C1CCN(C(=O)C2(c3ccc(C(C)(C)C)cc3)CC2)CC1. The predicted molar refractivity (Wildman–Crippen MR) is 131 cm³/mol. The third-order valence-corrected chi connectivity index (χ3v) is 7.10. The van der Waals surface area contributed by atoms with Crippen molar-refractivity contribution in [1.29, 1.82) is 0 Å². The third-order valence-electron chi connectivity index (χ3n) is 7.10. The number of nitrogens with zero attached hydrogens (tertiary/aromatic N) is 2. The second kappa shape index (κ2) is 9.17. The van der Waals surface area contributed by atoms with Crippen LogP contribution in [0.3, 0.4) is 0 Å². The zero-order chi connectivity index (χ0) is 23.7. The van der Waals surface area contributed by atoms with Gasteiger partial charge in [0.1, 0.15) is 0 Å². The molecule has 1 aromatic carbocycles. The first-order valence-corrected chi connectivity index (χ1v) is 12.2. The number of hydrogen-bond acceptors (Lipinski definition) is 3. The highest BCUT2D eigenvalue weighted by molar-refractivity contribution is 5.91. The number of likely N-dealkylation sites (tertiary alicyclic amines) is 1. The summed E-state index contributed by atoms with van der Waals surface area (Å²) in [5, 5.41) is 3.16. The van der Waals surface area contributed by atoms with Gasteiger partial charge < -0.3 is 15.1 Å². The number of amides is 2. The Kier molecular flexibility index (Phi) is 7.09. The third kappa shape index (κ3) is 5.72. The first kappa shape index (κ1) is 24.8. The number of carbonyl (C=O) groups excluding carboxylic acids is 2. The number of carbonyl (C=O) groups is 2. The van der Waals surface area contributed by atoms with Crippen LogP contribution in [0.25, 0.3) is 0 Å². The second-order valence-electron chi connectivity index (χ2n) is 12.1. The molecule has 5 heteroatoms. The Morgan fingerprint density at radius 1 is 1.03 bits per heavy atom. The van der Waals surface area contributed by atoms with Gasteiger partial charge in [-0.05, 0) is 61.7 Å². The lowest BCUT2D eigenvalue weighted by molar-refractivity contribution is -0.137. The van der Waals surface area contributed by atoms with E-state index in [1.54, 1.807) is 0 Å². The lowest BCUT2D eigenvalue weighted by atomic mass is 9.84. The molecule has 32 heavy (non-hydrogen) atoms. The minimum absolute atomic E-state index is 0.00966. The van der Waals surface area contributed by atoms with Gasteiger partial charge in [-0.2, -0.15) is 0 Å². The zero-order valence-electron chi connectivity index (χ0n) is 21.3. The van der Waals surface area contributed by atoms with Crippen LogP contribution < -0.4 is 5.32 Å². The number of nitrogens with one attached hydrogen (secondary N) is 1. The summed E-state index contributed by atoms with van der Waals surface area (Å²) in [5.74, 6) is 0.408. The smallest absolute Gasteiger partial charge is 0.233 e. The summed E-state index contributed by atoms with van der Waals surface area (Å²) < 4.78 is 0. The normalized spacial score (nSPS) is 19.2. The van der Waals surface area contributed by atoms with Crippen molar-refractivity contribution in [3.05, 3.63) is 35.4 Å². The van der Waals surface area contributed by atoms with Crippen LogP contribution in [0, 0.1) is 11.3 Å². The van der Waals surface area contributed by atoms with Crippen molar-refractivity contribution in [3.8, 4) is 0 Å². The van der Waals surface area contributed by atoms with Crippen molar-refractivity contribution in [3.63, 3.8) is 0 Å². The molecule has 2 fully saturated rings. The van der Waals surface area contributed by atoms with Gasteiger partial charge in [0.05, 0.1) is 5.41 Å². The van der Waals surface area contributed by atoms with Crippen LogP contribution in [-0.4, -0.2) is 61.9 Å². The predicted octanol–water partition coefficient (Wildman–Crippen LogP) is 3.96. The Morgan fingerprint density at radius 3 is 2.06 bits per heavy atom. The summed E-state index contributed by atoms with van der Waals surface area (Å²) >= 11 is 0. The van der Waals surface area contributed by atoms with Gasteiger partial charge in [-0.3, -0.25) is 9.59 Å². The molecule has 0 bridgehead atoms. The van der Waals surface area contributed by atoms with Crippen LogP contribution in [0.5, 0.6) is 0 Å². The van der Waals surface area contributed by atoms with Gasteiger partial charge in [0, 0.05) is 32.1 Å². The van der Waals surface area contributed by atoms with Gasteiger partial charge in [-0.1, -0.05) is 58.9 Å². The molecule has 3 rings (SSSR count). The van der Waals surface area contributed by atoms with Gasteiger partial charge in [0.25, 0.3) is 0 Å². The maximum atomic E-state index is 13.4. The molecular weight excluding hydrogens is 398 g/mol. The van der Waals surface area contributed by atoms with Crippen molar-refractivity contribution in [2.24, 2.45) is 11.3 Å². The van der Waals surface area contributed by atoms with E-state index in [1.165, 1.54) is 5.56 Å². The van der Waals surface area contributed by atoms with E-state index in [9.17, 15) is 9.59 Å². The summed E-state index contributed by atoms with van der Waals surface area (Å²) in [6, 6.07) is 8.66. The van der Waals surface area contributed by atoms with E-state index in [-0.39, 0.29) is 34.0 Å². The van der Waals surface area contributed by atoms with Gasteiger partial charge in [0.2, 0.25) is 11.8 Å². The van der Waals surface area contributed by atoms with Gasteiger partial charge >= 0.3 is 0 Å². The molecule has 1 heterocycles. The van der Waals surface area contributed by atoms with Crippen LogP contribution in [-0.2, 0) is 20.4 Å². The van der Waals surface area contributed by atoms with Crippen molar-refractivity contribution >= 4 is 11.8 Å². The first-order chi connectivity index (χ1) is 14.8. The van der Waals surface area contributed by atoms with Crippen molar-refractivity contribution in [2.45, 2.75) is 71.1 Å². The Bertz CT molecular complexity index is 808. The van der Waals surface area contributed by atoms with Crippen molar-refractivity contribution < 1.29 is 9.59 Å². The number of rotatable bonds is 7. The standard InChI is InChI=1S/C27H43N3O2/c1-25(2,3)21-8-10-22(11-9-21)27(14-15-27)24(32)30-16-12-20(13-17-30)23(31)28-18-26(4,5)19-29(6)7/h8-11,20H,12-19H2,1-7H3,(H,28,31). The monoisotopic (exact) mass is 441 g/mol. The highest BCUT2D eigenvalue weighted by Crippen LogP contribution is 2.50. The molecule has 1 aliphatic carbocycles. The Hall–Kier alpha value is -1.88. The molecule has 5 nitrogen and oxygen atoms in total. The summed E-state index contributed by atoms with van der Waals surface area (Å²) in [4.78, 5) is 30.3. The minimum atomic E-state index is -0.332. The fraction of sp³-hybridized carbons (Fsp3) is 0.704. The van der Waals surface area contributed by atoms with E-state index in [4.69, 9.17) is 0 Å². The summed E-state index contributed by atoms with van der Waals surface area (Å²) in [6.45, 7) is 14.0. The highest BCUT2D eigenvalue weighted by atomic mass is 16.2. The highest BCUT2D eigenvalue weighted by Gasteiger charge is 2.53. The molecule has 178 valence electrons. The maximum absolute atomic E-state index is 13.4. The van der Waals surface area contributed by atoms with E-state index in [1.807, 2.05) is 4.90 Å². The fourth-order valence-corrected chi connectivity index (χ4v) is 5.07.